The lowest BCUT2D eigenvalue weighted by Crippen LogP contribution is -2.42. The first-order chi connectivity index (χ1) is 14.2. The van der Waals surface area contributed by atoms with Crippen LogP contribution in [-0.2, 0) is 14.6 Å². The number of benzene rings is 1. The average Bonchev–Trinajstić information content (AvgIpc) is 3.27. The topological polar surface area (TPSA) is 79.4 Å². The SMILES string of the molecule is CCCCN(CC(=O)Nc1nc(-c2cc(C)c(C)cc2C)cs1)C1CCS(=O)(=O)C1. The number of nitrogens with one attached hydrogen (secondary N) is 1. The van der Waals surface area contributed by atoms with Gasteiger partial charge in [0.1, 0.15) is 0 Å². The molecule has 1 N–H and O–H groups in total. The van der Waals surface area contributed by atoms with Crippen LogP contribution >= 0.6 is 11.3 Å². The van der Waals surface area contributed by atoms with Gasteiger partial charge in [-0.25, -0.2) is 13.4 Å². The van der Waals surface area contributed by atoms with Crippen molar-refractivity contribution in [1.82, 2.24) is 9.88 Å². The molecule has 0 spiro atoms. The van der Waals surface area contributed by atoms with E-state index in [1.807, 2.05) is 10.3 Å². The van der Waals surface area contributed by atoms with E-state index in [0.717, 1.165) is 36.2 Å². The molecule has 1 amide bonds. The first-order valence-electron chi connectivity index (χ1n) is 10.5. The van der Waals surface area contributed by atoms with Crippen LogP contribution < -0.4 is 5.32 Å². The number of unbranched alkanes of at least 4 members (excludes halogenated alkanes) is 1. The summed E-state index contributed by atoms with van der Waals surface area (Å²) in [5, 5.41) is 5.44. The Morgan fingerprint density at radius 1 is 1.23 bits per heavy atom. The second-order valence-electron chi connectivity index (χ2n) is 8.22. The van der Waals surface area contributed by atoms with Gasteiger partial charge in [-0.3, -0.25) is 9.69 Å². The number of amides is 1. The number of anilines is 1. The molecular formula is C22H31N3O3S2. The third-order valence-electron chi connectivity index (χ3n) is 5.74. The molecule has 2 aromatic rings. The van der Waals surface area contributed by atoms with Crippen molar-refractivity contribution in [3.05, 3.63) is 34.2 Å². The van der Waals surface area contributed by atoms with Gasteiger partial charge in [0.15, 0.2) is 15.0 Å². The van der Waals surface area contributed by atoms with Gasteiger partial charge in [-0.15, -0.1) is 11.3 Å². The van der Waals surface area contributed by atoms with Gasteiger partial charge in [-0.2, -0.15) is 0 Å². The van der Waals surface area contributed by atoms with Crippen molar-refractivity contribution in [3.8, 4) is 11.3 Å². The van der Waals surface area contributed by atoms with Crippen LogP contribution in [0.25, 0.3) is 11.3 Å². The highest BCUT2D eigenvalue weighted by atomic mass is 32.2. The Balaban J connectivity index is 1.67. The fourth-order valence-corrected chi connectivity index (χ4v) is 6.34. The number of nitrogens with zero attached hydrogens (tertiary/aromatic N) is 2. The third kappa shape index (κ3) is 5.68. The summed E-state index contributed by atoms with van der Waals surface area (Å²) in [6.45, 7) is 9.27. The van der Waals surface area contributed by atoms with E-state index in [1.165, 1.54) is 22.5 Å². The fourth-order valence-electron chi connectivity index (χ4n) is 3.85. The van der Waals surface area contributed by atoms with Gasteiger partial charge < -0.3 is 5.32 Å². The lowest BCUT2D eigenvalue weighted by Gasteiger charge is -2.27. The van der Waals surface area contributed by atoms with Gasteiger partial charge in [-0.05, 0) is 62.9 Å². The van der Waals surface area contributed by atoms with Crippen LogP contribution in [0.4, 0.5) is 5.13 Å². The molecule has 1 unspecified atom stereocenters. The molecule has 30 heavy (non-hydrogen) atoms. The van der Waals surface area contributed by atoms with Crippen LogP contribution in [0, 0.1) is 20.8 Å². The zero-order chi connectivity index (χ0) is 21.9. The van der Waals surface area contributed by atoms with Gasteiger partial charge in [-0.1, -0.05) is 19.4 Å². The Morgan fingerprint density at radius 3 is 2.63 bits per heavy atom. The van der Waals surface area contributed by atoms with E-state index >= 15 is 0 Å². The van der Waals surface area contributed by atoms with Crippen molar-refractivity contribution in [2.24, 2.45) is 0 Å². The van der Waals surface area contributed by atoms with Crippen molar-refractivity contribution >= 4 is 32.2 Å². The summed E-state index contributed by atoms with van der Waals surface area (Å²) in [4.78, 5) is 19.3. The van der Waals surface area contributed by atoms with Crippen molar-refractivity contribution < 1.29 is 13.2 Å². The number of thiazole rings is 1. The lowest BCUT2D eigenvalue weighted by atomic mass is 9.99. The van der Waals surface area contributed by atoms with E-state index < -0.39 is 9.84 Å². The Morgan fingerprint density at radius 2 is 1.97 bits per heavy atom. The molecule has 1 aromatic heterocycles. The highest BCUT2D eigenvalue weighted by molar-refractivity contribution is 7.91. The van der Waals surface area contributed by atoms with Crippen molar-refractivity contribution in [2.45, 2.75) is 53.0 Å². The summed E-state index contributed by atoms with van der Waals surface area (Å²) < 4.78 is 23.7. The molecule has 2 heterocycles. The van der Waals surface area contributed by atoms with Gasteiger partial charge in [0.2, 0.25) is 5.91 Å². The highest BCUT2D eigenvalue weighted by Crippen LogP contribution is 2.29. The second kappa shape index (κ2) is 9.58. The Labute approximate surface area is 183 Å². The summed E-state index contributed by atoms with van der Waals surface area (Å²) in [6, 6.07) is 4.22. The van der Waals surface area contributed by atoms with Crippen molar-refractivity contribution in [1.29, 1.82) is 0 Å². The maximum Gasteiger partial charge on any atom is 0.240 e. The van der Waals surface area contributed by atoms with Crippen LogP contribution in [0.1, 0.15) is 42.9 Å². The first-order valence-corrected chi connectivity index (χ1v) is 13.2. The van der Waals surface area contributed by atoms with Crippen molar-refractivity contribution in [3.63, 3.8) is 0 Å². The quantitative estimate of drug-likeness (QED) is 0.660. The van der Waals surface area contributed by atoms with Crippen LogP contribution in [-0.4, -0.2) is 54.8 Å². The van der Waals surface area contributed by atoms with Crippen LogP contribution in [0.3, 0.4) is 0 Å². The summed E-state index contributed by atoms with van der Waals surface area (Å²) in [6.07, 6.45) is 2.55. The zero-order valence-corrected chi connectivity index (χ0v) is 19.8. The Bertz CT molecular complexity index is 1010. The minimum absolute atomic E-state index is 0.0719. The molecule has 3 rings (SSSR count). The maximum atomic E-state index is 12.7. The third-order valence-corrected chi connectivity index (χ3v) is 8.25. The number of rotatable bonds is 8. The van der Waals surface area contributed by atoms with Gasteiger partial charge in [0.05, 0.1) is 23.7 Å². The summed E-state index contributed by atoms with van der Waals surface area (Å²) >= 11 is 1.41. The maximum absolute atomic E-state index is 12.7. The molecule has 1 aliphatic rings. The Hall–Kier alpha value is -1.77. The van der Waals surface area contributed by atoms with Crippen molar-refractivity contribution in [2.75, 3.05) is 29.9 Å². The number of carbonyl (C=O) groups excluding carboxylic acids is 1. The number of sulfone groups is 1. The minimum atomic E-state index is -2.98. The summed E-state index contributed by atoms with van der Waals surface area (Å²) in [5.74, 6) is 0.220. The number of aryl methyl sites for hydroxylation is 3. The van der Waals surface area contributed by atoms with E-state index in [9.17, 15) is 13.2 Å². The minimum Gasteiger partial charge on any atom is -0.301 e. The summed E-state index contributed by atoms with van der Waals surface area (Å²) in [7, 11) is -2.98. The Kier molecular flexibility index (Phi) is 7.31. The average molecular weight is 450 g/mol. The molecular weight excluding hydrogens is 418 g/mol. The van der Waals surface area contributed by atoms with Crippen LogP contribution in [0.15, 0.2) is 17.5 Å². The van der Waals surface area contributed by atoms with Crippen LogP contribution in [0.5, 0.6) is 0 Å². The summed E-state index contributed by atoms with van der Waals surface area (Å²) in [5.41, 5.74) is 5.57. The molecule has 0 bridgehead atoms. The largest absolute Gasteiger partial charge is 0.301 e. The number of hydrogen-bond donors (Lipinski definition) is 1. The normalized spacial score (nSPS) is 18.1. The van der Waals surface area contributed by atoms with E-state index in [2.05, 4.69) is 50.1 Å². The van der Waals surface area contributed by atoms with Gasteiger partial charge in [0.25, 0.3) is 0 Å². The molecule has 8 heteroatoms. The lowest BCUT2D eigenvalue weighted by molar-refractivity contribution is -0.117. The molecule has 1 fully saturated rings. The first kappa shape index (κ1) is 22.9. The predicted molar refractivity (Wildman–Crippen MR) is 124 cm³/mol. The molecule has 0 aliphatic carbocycles. The van der Waals surface area contributed by atoms with Gasteiger partial charge >= 0.3 is 0 Å². The van der Waals surface area contributed by atoms with Crippen LogP contribution in [0.2, 0.25) is 0 Å². The highest BCUT2D eigenvalue weighted by Gasteiger charge is 2.32. The van der Waals surface area contributed by atoms with Gasteiger partial charge in [0, 0.05) is 17.0 Å². The molecule has 1 aromatic carbocycles. The second-order valence-corrected chi connectivity index (χ2v) is 11.3. The fraction of sp³-hybridized carbons (Fsp3) is 0.545. The number of carbonyl (C=O) groups is 1. The zero-order valence-electron chi connectivity index (χ0n) is 18.2. The molecule has 1 atom stereocenters. The van der Waals surface area contributed by atoms with E-state index in [4.69, 9.17) is 0 Å². The molecule has 6 nitrogen and oxygen atoms in total. The monoisotopic (exact) mass is 449 g/mol. The van der Waals surface area contributed by atoms with E-state index in [1.54, 1.807) is 0 Å². The molecule has 0 saturated carbocycles. The number of hydrogen-bond acceptors (Lipinski definition) is 6. The smallest absolute Gasteiger partial charge is 0.240 e. The molecule has 0 radical (unpaired) electrons. The predicted octanol–water partition coefficient (Wildman–Crippen LogP) is 3.96. The number of aromatic nitrogens is 1. The van der Waals surface area contributed by atoms with E-state index in [-0.39, 0.29) is 30.0 Å². The molecule has 164 valence electrons. The molecule has 1 saturated heterocycles. The standard InChI is InChI=1S/C22H31N3O3S2/c1-5-6-8-25(18-7-9-30(27,28)14-18)12-21(26)24-22-23-20(13-29-22)19-11-16(3)15(2)10-17(19)4/h10-11,13,18H,5-9,12,14H2,1-4H3,(H,23,24,26). The van der Waals surface area contributed by atoms with E-state index in [0.29, 0.717) is 11.6 Å². The molecule has 1 aliphatic heterocycles.